The first-order valence-electron chi connectivity index (χ1n) is 9.12. The van der Waals surface area contributed by atoms with Crippen molar-refractivity contribution in [3.05, 3.63) is 65.6 Å². The van der Waals surface area contributed by atoms with Gasteiger partial charge in [-0.05, 0) is 86.8 Å². The van der Waals surface area contributed by atoms with E-state index in [0.29, 0.717) is 20.1 Å². The molecule has 0 spiro atoms. The average molecular weight is 432 g/mol. The molecule has 0 fully saturated rings. The summed E-state index contributed by atoms with van der Waals surface area (Å²) in [5.41, 5.74) is 6.97. The van der Waals surface area contributed by atoms with Crippen molar-refractivity contribution in [1.29, 1.82) is 0 Å². The molecule has 2 aromatic rings. The summed E-state index contributed by atoms with van der Waals surface area (Å²) in [5, 5.41) is 2.76. The highest BCUT2D eigenvalue weighted by atomic mass is 35.5. The molecule has 0 aliphatic heterocycles. The summed E-state index contributed by atoms with van der Waals surface area (Å²) in [7, 11) is 0. The van der Waals surface area contributed by atoms with Crippen LogP contribution in [0.15, 0.2) is 12.1 Å². The molecule has 0 saturated carbocycles. The van der Waals surface area contributed by atoms with Crippen LogP contribution in [0.4, 0.5) is 0 Å². The van der Waals surface area contributed by atoms with Crippen LogP contribution in [0, 0.1) is 27.7 Å². The Hall–Kier alpha value is -0.400. The summed E-state index contributed by atoms with van der Waals surface area (Å²) < 4.78 is 0. The lowest BCUT2D eigenvalue weighted by atomic mass is 9.97. The molecule has 4 heteroatoms. The summed E-state index contributed by atoms with van der Waals surface area (Å²) in [5.74, 6) is 0. The van der Waals surface area contributed by atoms with Crippen molar-refractivity contribution in [1.82, 2.24) is 0 Å². The smallest absolute Gasteiger partial charge is 0.0626 e. The van der Waals surface area contributed by atoms with Crippen molar-refractivity contribution in [2.75, 3.05) is 0 Å². The van der Waals surface area contributed by atoms with Gasteiger partial charge in [-0.15, -0.1) is 0 Å². The lowest BCUT2D eigenvalue weighted by Gasteiger charge is -2.12. The van der Waals surface area contributed by atoms with Gasteiger partial charge < -0.3 is 0 Å². The zero-order valence-corrected chi connectivity index (χ0v) is 18.9. The number of hydrogen-bond donors (Lipinski definition) is 0. The van der Waals surface area contributed by atoms with Gasteiger partial charge >= 0.3 is 0 Å². The molecule has 0 radical (unpaired) electrons. The Bertz CT molecular complexity index is 726. The summed E-state index contributed by atoms with van der Waals surface area (Å²) in [4.78, 5) is 0. The van der Waals surface area contributed by atoms with E-state index in [1.807, 2.05) is 13.8 Å². The number of rotatable bonds is 7. The molecule has 2 aromatic carbocycles. The van der Waals surface area contributed by atoms with Gasteiger partial charge in [0, 0.05) is 0 Å². The van der Waals surface area contributed by atoms with Gasteiger partial charge in [0.2, 0.25) is 0 Å². The van der Waals surface area contributed by atoms with Crippen LogP contribution in [0.5, 0.6) is 0 Å². The Kier molecular flexibility index (Phi) is 8.16. The molecular weight excluding hydrogens is 406 g/mol. The van der Waals surface area contributed by atoms with Crippen LogP contribution in [-0.4, -0.2) is 0 Å². The predicted octanol–water partition coefficient (Wildman–Crippen LogP) is 8.88. The molecular formula is C22H26Cl4. The standard InChI is InChI=1S/C22H26Cl4/c1-13-11-17(15(3)21(25)19(13)23)9-7-5-6-8-10-18-12-14(2)20(24)22(26)16(18)4/h11-12H,5-10H2,1-4H3. The van der Waals surface area contributed by atoms with E-state index >= 15 is 0 Å². The topological polar surface area (TPSA) is 0 Å². The molecule has 0 aliphatic carbocycles. The Morgan fingerprint density at radius 3 is 1.23 bits per heavy atom. The fourth-order valence-corrected chi connectivity index (χ4v) is 4.26. The predicted molar refractivity (Wildman–Crippen MR) is 118 cm³/mol. The monoisotopic (exact) mass is 430 g/mol. The van der Waals surface area contributed by atoms with E-state index in [1.165, 1.54) is 24.0 Å². The van der Waals surface area contributed by atoms with Crippen LogP contribution >= 0.6 is 46.4 Å². The molecule has 0 atom stereocenters. The molecule has 26 heavy (non-hydrogen) atoms. The molecule has 0 N–H and O–H groups in total. The normalized spacial score (nSPS) is 11.2. The highest BCUT2D eigenvalue weighted by Crippen LogP contribution is 2.33. The van der Waals surface area contributed by atoms with Crippen LogP contribution in [0.3, 0.4) is 0 Å². The number of hydrogen-bond acceptors (Lipinski definition) is 0. The fraction of sp³-hybridized carbons (Fsp3) is 0.455. The van der Waals surface area contributed by atoms with Gasteiger partial charge in [0.25, 0.3) is 0 Å². The van der Waals surface area contributed by atoms with Crippen LogP contribution in [0.2, 0.25) is 20.1 Å². The third-order valence-corrected chi connectivity index (χ3v) is 7.24. The Labute approximate surface area is 177 Å². The molecule has 0 aliphatic rings. The largest absolute Gasteiger partial charge is 0.0824 e. The van der Waals surface area contributed by atoms with E-state index in [2.05, 4.69) is 26.0 Å². The first kappa shape index (κ1) is 21.9. The van der Waals surface area contributed by atoms with Gasteiger partial charge in [-0.2, -0.15) is 0 Å². The SMILES string of the molecule is Cc1cc(CCCCCCc2cc(C)c(Cl)c(Cl)c2C)c(C)c(Cl)c1Cl. The van der Waals surface area contributed by atoms with Crippen molar-refractivity contribution >= 4 is 46.4 Å². The van der Waals surface area contributed by atoms with Gasteiger partial charge in [-0.25, -0.2) is 0 Å². The average Bonchev–Trinajstić information content (AvgIpc) is 2.62. The molecule has 0 bridgehead atoms. The lowest BCUT2D eigenvalue weighted by molar-refractivity contribution is 0.638. The Morgan fingerprint density at radius 2 is 0.885 bits per heavy atom. The highest BCUT2D eigenvalue weighted by Gasteiger charge is 2.11. The zero-order valence-electron chi connectivity index (χ0n) is 15.9. The lowest BCUT2D eigenvalue weighted by Crippen LogP contribution is -1.96. The van der Waals surface area contributed by atoms with Crippen molar-refractivity contribution in [3.63, 3.8) is 0 Å². The van der Waals surface area contributed by atoms with E-state index in [4.69, 9.17) is 46.4 Å². The molecule has 0 saturated heterocycles. The summed E-state index contributed by atoms with van der Waals surface area (Å²) in [6.45, 7) is 8.13. The second kappa shape index (κ2) is 9.69. The van der Waals surface area contributed by atoms with Gasteiger partial charge in [-0.3, -0.25) is 0 Å². The highest BCUT2D eigenvalue weighted by molar-refractivity contribution is 6.43. The second-order valence-electron chi connectivity index (χ2n) is 7.13. The maximum Gasteiger partial charge on any atom is 0.0626 e. The number of benzene rings is 2. The van der Waals surface area contributed by atoms with E-state index in [-0.39, 0.29) is 0 Å². The van der Waals surface area contributed by atoms with Crippen molar-refractivity contribution in [2.45, 2.75) is 66.2 Å². The fourth-order valence-electron chi connectivity index (χ4n) is 3.33. The van der Waals surface area contributed by atoms with Crippen LogP contribution in [0.1, 0.15) is 59.1 Å². The molecule has 2 rings (SSSR count). The number of unbranched alkanes of at least 4 members (excludes halogenated alkanes) is 3. The zero-order chi connectivity index (χ0) is 19.4. The van der Waals surface area contributed by atoms with Gasteiger partial charge in [0.15, 0.2) is 0 Å². The summed E-state index contributed by atoms with van der Waals surface area (Å²) in [6.07, 6.45) is 6.84. The molecule has 0 aromatic heterocycles. The van der Waals surface area contributed by atoms with Crippen LogP contribution in [-0.2, 0) is 12.8 Å². The van der Waals surface area contributed by atoms with E-state index < -0.39 is 0 Å². The maximum absolute atomic E-state index is 6.32. The van der Waals surface area contributed by atoms with E-state index in [1.54, 1.807) is 0 Å². The minimum atomic E-state index is 0.681. The Morgan fingerprint density at radius 1 is 0.538 bits per heavy atom. The quantitative estimate of drug-likeness (QED) is 0.383. The van der Waals surface area contributed by atoms with Crippen molar-refractivity contribution in [2.24, 2.45) is 0 Å². The van der Waals surface area contributed by atoms with Gasteiger partial charge in [0.05, 0.1) is 20.1 Å². The molecule has 0 heterocycles. The number of aryl methyl sites for hydroxylation is 4. The number of halogens is 4. The molecule has 0 amide bonds. The second-order valence-corrected chi connectivity index (χ2v) is 8.64. The van der Waals surface area contributed by atoms with E-state index in [9.17, 15) is 0 Å². The van der Waals surface area contributed by atoms with Crippen LogP contribution < -0.4 is 0 Å². The molecule has 142 valence electrons. The molecule has 0 unspecified atom stereocenters. The summed E-state index contributed by atoms with van der Waals surface area (Å²) >= 11 is 25.1. The first-order valence-corrected chi connectivity index (χ1v) is 10.6. The summed E-state index contributed by atoms with van der Waals surface area (Å²) in [6, 6.07) is 4.34. The third-order valence-electron chi connectivity index (χ3n) is 5.12. The van der Waals surface area contributed by atoms with Crippen LogP contribution in [0.25, 0.3) is 0 Å². The minimum Gasteiger partial charge on any atom is -0.0824 e. The molecule has 0 nitrogen and oxygen atoms in total. The third kappa shape index (κ3) is 5.10. The van der Waals surface area contributed by atoms with Gasteiger partial charge in [0.1, 0.15) is 0 Å². The van der Waals surface area contributed by atoms with Gasteiger partial charge in [-0.1, -0.05) is 71.4 Å². The van der Waals surface area contributed by atoms with E-state index in [0.717, 1.165) is 47.9 Å². The van der Waals surface area contributed by atoms with Crippen molar-refractivity contribution < 1.29 is 0 Å². The first-order chi connectivity index (χ1) is 12.2. The maximum atomic E-state index is 6.32. The Balaban J connectivity index is 1.82. The minimum absolute atomic E-state index is 0.681. The van der Waals surface area contributed by atoms with Crippen molar-refractivity contribution in [3.8, 4) is 0 Å².